The van der Waals surface area contributed by atoms with Crippen molar-refractivity contribution in [1.29, 1.82) is 0 Å². The molecule has 0 bridgehead atoms. The van der Waals surface area contributed by atoms with Gasteiger partial charge in [-0.05, 0) is 36.7 Å². The van der Waals surface area contributed by atoms with Crippen molar-refractivity contribution in [2.24, 2.45) is 0 Å². The molecule has 0 aliphatic heterocycles. The second kappa shape index (κ2) is 4.64. The zero-order valence-corrected chi connectivity index (χ0v) is 8.94. The summed E-state index contributed by atoms with van der Waals surface area (Å²) in [5, 5.41) is 1.02. The van der Waals surface area contributed by atoms with Crippen molar-refractivity contribution in [2.45, 2.75) is 31.5 Å². The number of rotatable bonds is 2. The molecule has 0 aromatic carbocycles. The number of hydrogen-bond donors (Lipinski definition) is 1. The second-order valence-electron chi connectivity index (χ2n) is 3.27. The number of carbonyl (C=O) groups excluding carboxylic acids is 1. The van der Waals surface area contributed by atoms with E-state index in [1.54, 1.807) is 20.8 Å². The van der Waals surface area contributed by atoms with Crippen LogP contribution in [0.3, 0.4) is 0 Å². The molecule has 0 radical (unpaired) electrons. The van der Waals surface area contributed by atoms with Crippen LogP contribution in [0.2, 0.25) is 0 Å². The number of amides is 1. The maximum absolute atomic E-state index is 12.1. The fourth-order valence-electron chi connectivity index (χ4n) is 0.475. The van der Waals surface area contributed by atoms with E-state index in [0.717, 1.165) is 0 Å². The van der Waals surface area contributed by atoms with Crippen LogP contribution < -0.4 is 5.32 Å². The largest absolute Gasteiger partial charge is 0.444 e. The smallest absolute Gasteiger partial charge is 0.407 e. The third-order valence-electron chi connectivity index (χ3n) is 0.800. The number of ether oxygens (including phenoxy) is 1. The first-order valence-corrected chi connectivity index (χ1v) is 4.48. The minimum atomic E-state index is -1.23. The molecule has 1 amide bonds. The third kappa shape index (κ3) is 7.78. The minimum Gasteiger partial charge on any atom is -0.444 e. The third-order valence-corrected chi connectivity index (χ3v) is 1.12. The van der Waals surface area contributed by atoms with Crippen molar-refractivity contribution in [2.75, 3.05) is 6.54 Å². The highest BCUT2D eigenvalue weighted by atomic mass is 79.9. The van der Waals surface area contributed by atoms with Crippen LogP contribution >= 0.6 is 15.9 Å². The van der Waals surface area contributed by atoms with Gasteiger partial charge in [0.1, 0.15) is 5.60 Å². The molecule has 0 saturated carbocycles. The Labute approximate surface area is 79.8 Å². The van der Waals surface area contributed by atoms with Gasteiger partial charge in [0.25, 0.3) is 0 Å². The summed E-state index contributed by atoms with van der Waals surface area (Å²) in [5.74, 6) is 0. The molecule has 1 N–H and O–H groups in total. The Balaban J connectivity index is 3.61. The Bertz CT molecular complexity index is 156. The van der Waals surface area contributed by atoms with E-state index in [4.69, 9.17) is 4.74 Å². The van der Waals surface area contributed by atoms with Gasteiger partial charge in [-0.15, -0.1) is 0 Å². The summed E-state index contributed by atoms with van der Waals surface area (Å²) in [4.78, 5) is 10.8. The monoisotopic (exact) mass is 241 g/mol. The predicted molar refractivity (Wildman–Crippen MR) is 48.1 cm³/mol. The highest BCUT2D eigenvalue weighted by Crippen LogP contribution is 2.06. The zero-order valence-electron chi connectivity index (χ0n) is 7.36. The maximum atomic E-state index is 12.1. The number of alkyl halides is 2. The summed E-state index contributed by atoms with van der Waals surface area (Å²) in [6.07, 6.45) is -0.607. The van der Waals surface area contributed by atoms with Crippen LogP contribution in [0.4, 0.5) is 9.18 Å². The van der Waals surface area contributed by atoms with E-state index < -0.39 is 16.8 Å². The Morgan fingerprint density at radius 1 is 1.67 bits per heavy atom. The summed E-state index contributed by atoms with van der Waals surface area (Å²) in [6, 6.07) is 0. The van der Waals surface area contributed by atoms with Crippen LogP contribution in [-0.4, -0.2) is 23.3 Å². The molecule has 0 aliphatic rings. The summed E-state index contributed by atoms with van der Waals surface area (Å²) in [6.45, 7) is 5.14. The van der Waals surface area contributed by atoms with Crippen LogP contribution in [0.5, 0.6) is 0 Å². The minimum absolute atomic E-state index is 0.0884. The second-order valence-corrected chi connectivity index (χ2v) is 4.27. The SMILES string of the molecule is CC(C)(C)OC(=O)NCC(F)Br. The van der Waals surface area contributed by atoms with Gasteiger partial charge in [-0.25, -0.2) is 9.18 Å². The Kier molecular flexibility index (Phi) is 4.52. The van der Waals surface area contributed by atoms with Crippen LogP contribution in [0, 0.1) is 0 Å². The van der Waals surface area contributed by atoms with Crippen LogP contribution in [0.1, 0.15) is 20.8 Å². The number of carbonyl (C=O) groups is 1. The van der Waals surface area contributed by atoms with Gasteiger partial charge in [-0.2, -0.15) is 0 Å². The fourth-order valence-corrected chi connectivity index (χ4v) is 0.637. The van der Waals surface area contributed by atoms with Gasteiger partial charge < -0.3 is 10.1 Å². The highest BCUT2D eigenvalue weighted by molar-refractivity contribution is 9.09. The lowest BCUT2D eigenvalue weighted by Gasteiger charge is -2.19. The molecule has 0 heterocycles. The molecule has 12 heavy (non-hydrogen) atoms. The van der Waals surface area contributed by atoms with Crippen molar-refractivity contribution >= 4 is 22.0 Å². The first-order valence-electron chi connectivity index (χ1n) is 3.56. The molecule has 1 unspecified atom stereocenters. The molecule has 0 rings (SSSR count). The average Bonchev–Trinajstić information content (AvgIpc) is 1.79. The summed E-state index contributed by atoms with van der Waals surface area (Å²) >= 11 is 2.65. The van der Waals surface area contributed by atoms with Gasteiger partial charge in [0, 0.05) is 0 Å². The summed E-state index contributed by atoms with van der Waals surface area (Å²) < 4.78 is 17.0. The van der Waals surface area contributed by atoms with E-state index in [0.29, 0.717) is 0 Å². The van der Waals surface area contributed by atoms with Gasteiger partial charge in [0.2, 0.25) is 0 Å². The van der Waals surface area contributed by atoms with Crippen molar-refractivity contribution in [3.05, 3.63) is 0 Å². The van der Waals surface area contributed by atoms with E-state index in [-0.39, 0.29) is 6.54 Å². The van der Waals surface area contributed by atoms with Crippen molar-refractivity contribution < 1.29 is 13.9 Å². The molecule has 72 valence electrons. The fraction of sp³-hybridized carbons (Fsp3) is 0.857. The van der Waals surface area contributed by atoms with Crippen molar-refractivity contribution in [3.63, 3.8) is 0 Å². The van der Waals surface area contributed by atoms with E-state index in [1.165, 1.54) is 0 Å². The maximum Gasteiger partial charge on any atom is 0.407 e. The summed E-state index contributed by atoms with van der Waals surface area (Å²) in [5.41, 5.74) is -0.539. The number of alkyl carbamates (subject to hydrolysis) is 1. The quantitative estimate of drug-likeness (QED) is 0.754. The molecule has 5 heteroatoms. The molecular formula is C7H13BrFNO2. The molecule has 0 spiro atoms. The lowest BCUT2D eigenvalue weighted by atomic mass is 10.2. The van der Waals surface area contributed by atoms with E-state index >= 15 is 0 Å². The van der Waals surface area contributed by atoms with Gasteiger partial charge >= 0.3 is 6.09 Å². The summed E-state index contributed by atoms with van der Waals surface area (Å²) in [7, 11) is 0. The number of halogens is 2. The number of hydrogen-bond acceptors (Lipinski definition) is 2. The molecule has 0 fully saturated rings. The molecule has 0 saturated heterocycles. The highest BCUT2D eigenvalue weighted by Gasteiger charge is 2.16. The van der Waals surface area contributed by atoms with E-state index in [9.17, 15) is 9.18 Å². The van der Waals surface area contributed by atoms with Gasteiger partial charge in [0.05, 0.1) is 6.54 Å². The Hall–Kier alpha value is -0.320. The first-order chi connectivity index (χ1) is 5.31. The lowest BCUT2D eigenvalue weighted by Crippen LogP contribution is -2.34. The predicted octanol–water partition coefficient (Wildman–Crippen LogP) is 2.20. The van der Waals surface area contributed by atoms with E-state index in [1.807, 2.05) is 0 Å². The zero-order chi connectivity index (χ0) is 9.78. The molecule has 0 aromatic heterocycles. The van der Waals surface area contributed by atoms with Crippen molar-refractivity contribution in [1.82, 2.24) is 5.32 Å². The Morgan fingerprint density at radius 2 is 2.17 bits per heavy atom. The molecule has 1 atom stereocenters. The first kappa shape index (κ1) is 11.7. The average molecular weight is 242 g/mol. The van der Waals surface area contributed by atoms with E-state index in [2.05, 4.69) is 21.2 Å². The molecule has 0 aliphatic carbocycles. The van der Waals surface area contributed by atoms with Gasteiger partial charge in [0.15, 0.2) is 5.08 Å². The van der Waals surface area contributed by atoms with Crippen LogP contribution in [0.15, 0.2) is 0 Å². The van der Waals surface area contributed by atoms with Crippen LogP contribution in [-0.2, 0) is 4.74 Å². The van der Waals surface area contributed by atoms with Gasteiger partial charge in [-0.3, -0.25) is 0 Å². The van der Waals surface area contributed by atoms with Gasteiger partial charge in [-0.1, -0.05) is 0 Å². The topological polar surface area (TPSA) is 38.3 Å². The molecular weight excluding hydrogens is 229 g/mol. The standard InChI is InChI=1S/C7H13BrFNO2/c1-7(2,3)12-6(11)10-4-5(8)9/h5H,4H2,1-3H3,(H,10,11). The van der Waals surface area contributed by atoms with Crippen LogP contribution in [0.25, 0.3) is 0 Å². The normalized spacial score (nSPS) is 13.8. The Morgan fingerprint density at radius 3 is 2.50 bits per heavy atom. The molecule has 0 aromatic rings. The lowest BCUT2D eigenvalue weighted by molar-refractivity contribution is 0.0522. The number of nitrogens with one attached hydrogen (secondary N) is 1. The van der Waals surface area contributed by atoms with Crippen molar-refractivity contribution in [3.8, 4) is 0 Å². The molecule has 3 nitrogen and oxygen atoms in total.